The van der Waals surface area contributed by atoms with Gasteiger partial charge >= 0.3 is 0 Å². The molecule has 2 aromatic rings. The predicted molar refractivity (Wildman–Crippen MR) is 82.8 cm³/mol. The maximum absolute atomic E-state index is 6.01. The van der Waals surface area contributed by atoms with E-state index in [-0.39, 0.29) is 0 Å². The SMILES string of the molecule is Clc1cccc(Cl)c1OCCNCCc1cccs1. The van der Waals surface area contributed by atoms with Crippen LogP contribution in [0.2, 0.25) is 10.0 Å². The van der Waals surface area contributed by atoms with Crippen LogP contribution >= 0.6 is 34.5 Å². The molecule has 0 amide bonds. The number of thiophene rings is 1. The van der Waals surface area contributed by atoms with Crippen molar-refractivity contribution in [2.45, 2.75) is 6.42 Å². The van der Waals surface area contributed by atoms with E-state index in [9.17, 15) is 0 Å². The first-order valence-electron chi connectivity index (χ1n) is 6.07. The molecule has 19 heavy (non-hydrogen) atoms. The predicted octanol–water partition coefficient (Wildman–Crippen LogP) is 4.27. The minimum Gasteiger partial charge on any atom is -0.489 e. The first-order valence-corrected chi connectivity index (χ1v) is 7.71. The summed E-state index contributed by atoms with van der Waals surface area (Å²) in [5.74, 6) is 0.561. The quantitative estimate of drug-likeness (QED) is 0.770. The highest BCUT2D eigenvalue weighted by atomic mass is 35.5. The standard InChI is InChI=1S/C14H15Cl2NOS/c15-12-4-1-5-13(16)14(12)18-9-8-17-7-6-11-3-2-10-19-11/h1-5,10,17H,6-9H2. The normalized spacial score (nSPS) is 10.6. The van der Waals surface area contributed by atoms with E-state index in [4.69, 9.17) is 27.9 Å². The molecule has 5 heteroatoms. The summed E-state index contributed by atoms with van der Waals surface area (Å²) >= 11 is 13.8. The molecule has 2 nitrogen and oxygen atoms in total. The van der Waals surface area contributed by atoms with Crippen molar-refractivity contribution < 1.29 is 4.74 Å². The van der Waals surface area contributed by atoms with Gasteiger partial charge in [-0.15, -0.1) is 11.3 Å². The highest BCUT2D eigenvalue weighted by Crippen LogP contribution is 2.32. The minimum atomic E-state index is 0.547. The van der Waals surface area contributed by atoms with Crippen LogP contribution in [0.3, 0.4) is 0 Å². The van der Waals surface area contributed by atoms with Crippen LogP contribution in [0, 0.1) is 0 Å². The maximum Gasteiger partial charge on any atom is 0.156 e. The summed E-state index contributed by atoms with van der Waals surface area (Å²) in [5.41, 5.74) is 0. The fourth-order valence-electron chi connectivity index (χ4n) is 1.64. The Labute approximate surface area is 127 Å². The summed E-state index contributed by atoms with van der Waals surface area (Å²) in [7, 11) is 0. The molecule has 0 saturated heterocycles. The number of rotatable bonds is 7. The van der Waals surface area contributed by atoms with Crippen molar-refractivity contribution in [3.05, 3.63) is 50.6 Å². The molecule has 1 heterocycles. The lowest BCUT2D eigenvalue weighted by Gasteiger charge is -2.10. The molecular formula is C14H15Cl2NOS. The van der Waals surface area contributed by atoms with E-state index in [0.29, 0.717) is 22.4 Å². The molecule has 0 atom stereocenters. The Kier molecular flexibility index (Phi) is 5.98. The summed E-state index contributed by atoms with van der Waals surface area (Å²) in [6, 6.07) is 9.56. The molecule has 0 aliphatic carbocycles. The highest BCUT2D eigenvalue weighted by molar-refractivity contribution is 7.09. The molecule has 102 valence electrons. The third kappa shape index (κ3) is 4.69. The van der Waals surface area contributed by atoms with Crippen LogP contribution in [-0.2, 0) is 6.42 Å². The second-order valence-corrected chi connectivity index (χ2v) is 5.83. The molecule has 0 aliphatic heterocycles. The van der Waals surface area contributed by atoms with Crippen LogP contribution in [0.15, 0.2) is 35.7 Å². The molecule has 0 unspecified atom stereocenters. The zero-order valence-corrected chi connectivity index (χ0v) is 12.7. The van der Waals surface area contributed by atoms with Crippen LogP contribution in [0.1, 0.15) is 4.88 Å². The molecule has 2 rings (SSSR count). The number of benzene rings is 1. The second-order valence-electron chi connectivity index (χ2n) is 3.98. The lowest BCUT2D eigenvalue weighted by Crippen LogP contribution is -2.23. The van der Waals surface area contributed by atoms with E-state index < -0.39 is 0 Å². The van der Waals surface area contributed by atoms with Gasteiger partial charge < -0.3 is 10.1 Å². The number of halogens is 2. The van der Waals surface area contributed by atoms with Crippen LogP contribution in [-0.4, -0.2) is 19.7 Å². The van der Waals surface area contributed by atoms with Crippen LogP contribution in [0.4, 0.5) is 0 Å². The van der Waals surface area contributed by atoms with Gasteiger partial charge in [0.2, 0.25) is 0 Å². The lowest BCUT2D eigenvalue weighted by atomic mass is 10.3. The van der Waals surface area contributed by atoms with E-state index in [1.807, 2.05) is 0 Å². The van der Waals surface area contributed by atoms with Gasteiger partial charge in [-0.05, 0) is 30.0 Å². The molecule has 1 aromatic carbocycles. The van der Waals surface area contributed by atoms with Crippen molar-refractivity contribution in [1.82, 2.24) is 5.32 Å². The van der Waals surface area contributed by atoms with Crippen molar-refractivity contribution in [2.24, 2.45) is 0 Å². The zero-order valence-electron chi connectivity index (χ0n) is 10.4. The molecule has 0 bridgehead atoms. The first kappa shape index (κ1) is 14.7. The van der Waals surface area contributed by atoms with Gasteiger partial charge in [0.25, 0.3) is 0 Å². The van der Waals surface area contributed by atoms with E-state index in [2.05, 4.69) is 22.8 Å². The topological polar surface area (TPSA) is 21.3 Å². The van der Waals surface area contributed by atoms with E-state index >= 15 is 0 Å². The molecule has 1 N–H and O–H groups in total. The van der Waals surface area contributed by atoms with Crippen LogP contribution < -0.4 is 10.1 Å². The molecule has 1 aromatic heterocycles. The van der Waals surface area contributed by atoms with Gasteiger partial charge in [0.05, 0.1) is 10.0 Å². The third-order valence-electron chi connectivity index (χ3n) is 2.57. The van der Waals surface area contributed by atoms with Crippen molar-refractivity contribution in [2.75, 3.05) is 19.7 Å². The Bertz CT molecular complexity index is 482. The molecule has 0 spiro atoms. The summed E-state index contributed by atoms with van der Waals surface area (Å²) < 4.78 is 5.58. The Balaban J connectivity index is 1.64. The van der Waals surface area contributed by atoms with Crippen LogP contribution in [0.5, 0.6) is 5.75 Å². The number of hydrogen-bond acceptors (Lipinski definition) is 3. The monoisotopic (exact) mass is 315 g/mol. The first-order chi connectivity index (χ1) is 9.27. The fourth-order valence-corrected chi connectivity index (χ4v) is 2.85. The van der Waals surface area contributed by atoms with E-state index in [1.165, 1.54) is 4.88 Å². The molecule has 0 radical (unpaired) electrons. The number of hydrogen-bond donors (Lipinski definition) is 1. The van der Waals surface area contributed by atoms with Gasteiger partial charge in [0.1, 0.15) is 6.61 Å². The molecule has 0 fully saturated rings. The van der Waals surface area contributed by atoms with E-state index in [1.54, 1.807) is 29.5 Å². The number of ether oxygens (including phenoxy) is 1. The van der Waals surface area contributed by atoms with E-state index in [0.717, 1.165) is 19.5 Å². The average molecular weight is 316 g/mol. The molecular weight excluding hydrogens is 301 g/mol. The highest BCUT2D eigenvalue weighted by Gasteiger charge is 2.05. The average Bonchev–Trinajstić information content (AvgIpc) is 2.89. The van der Waals surface area contributed by atoms with Crippen molar-refractivity contribution >= 4 is 34.5 Å². The van der Waals surface area contributed by atoms with Gasteiger partial charge in [0, 0.05) is 18.0 Å². The summed E-state index contributed by atoms with van der Waals surface area (Å²) in [6.45, 7) is 2.26. The maximum atomic E-state index is 6.01. The van der Waals surface area contributed by atoms with Gasteiger partial charge in [-0.25, -0.2) is 0 Å². The number of para-hydroxylation sites is 1. The van der Waals surface area contributed by atoms with Crippen LogP contribution in [0.25, 0.3) is 0 Å². The molecule has 0 aliphatic rings. The Morgan fingerprint density at radius 2 is 1.84 bits per heavy atom. The summed E-state index contributed by atoms with van der Waals surface area (Å²) in [4.78, 5) is 1.39. The molecule has 0 saturated carbocycles. The Morgan fingerprint density at radius 1 is 1.05 bits per heavy atom. The lowest BCUT2D eigenvalue weighted by molar-refractivity contribution is 0.315. The van der Waals surface area contributed by atoms with Crippen molar-refractivity contribution in [1.29, 1.82) is 0 Å². The Morgan fingerprint density at radius 3 is 2.53 bits per heavy atom. The fraction of sp³-hybridized carbons (Fsp3) is 0.286. The van der Waals surface area contributed by atoms with Crippen molar-refractivity contribution in [3.8, 4) is 5.75 Å². The summed E-state index contributed by atoms with van der Waals surface area (Å²) in [6.07, 6.45) is 1.05. The zero-order chi connectivity index (χ0) is 13.5. The van der Waals surface area contributed by atoms with Gasteiger partial charge in [-0.1, -0.05) is 35.3 Å². The second kappa shape index (κ2) is 7.75. The Hall–Kier alpha value is -0.740. The third-order valence-corrected chi connectivity index (χ3v) is 4.10. The minimum absolute atomic E-state index is 0.547. The number of nitrogens with one attached hydrogen (secondary N) is 1. The smallest absolute Gasteiger partial charge is 0.156 e. The van der Waals surface area contributed by atoms with Gasteiger partial charge in [-0.2, -0.15) is 0 Å². The summed E-state index contributed by atoms with van der Waals surface area (Å²) in [5, 5.41) is 6.52. The van der Waals surface area contributed by atoms with Crippen molar-refractivity contribution in [3.63, 3.8) is 0 Å². The van der Waals surface area contributed by atoms with Gasteiger partial charge in [-0.3, -0.25) is 0 Å². The largest absolute Gasteiger partial charge is 0.489 e. The van der Waals surface area contributed by atoms with Gasteiger partial charge in [0.15, 0.2) is 5.75 Å².